The Bertz CT molecular complexity index is 1290. The van der Waals surface area contributed by atoms with Crippen LogP contribution in [0.1, 0.15) is 0 Å². The highest BCUT2D eigenvalue weighted by Gasteiger charge is 2.13. The molecule has 0 aliphatic rings. The summed E-state index contributed by atoms with van der Waals surface area (Å²) in [6.07, 6.45) is 0. The smallest absolute Gasteiger partial charge is 0.0467 e. The molecule has 0 unspecified atom stereocenters. The Morgan fingerprint density at radius 3 is 1.44 bits per heavy atom. The summed E-state index contributed by atoms with van der Waals surface area (Å²) in [5.74, 6) is 0. The van der Waals surface area contributed by atoms with E-state index in [1.807, 2.05) is 6.07 Å². The average Bonchev–Trinajstić information content (AvgIpc) is 2.87. The molecule has 0 heterocycles. The van der Waals surface area contributed by atoms with Gasteiger partial charge in [-0.15, -0.1) is 0 Å². The van der Waals surface area contributed by atoms with Gasteiger partial charge in [0.05, 0.1) is 0 Å². The molecule has 0 radical (unpaired) electrons. The van der Waals surface area contributed by atoms with Crippen LogP contribution in [-0.4, -0.2) is 0 Å². The average molecular weight is 476 g/mol. The van der Waals surface area contributed by atoms with Gasteiger partial charge in [0.1, 0.15) is 0 Å². The summed E-state index contributed by atoms with van der Waals surface area (Å²) in [7, 11) is 0. The number of hydrogen-bond donors (Lipinski definition) is 0. The lowest BCUT2D eigenvalue weighted by molar-refractivity contribution is 1.28. The lowest BCUT2D eigenvalue weighted by Crippen LogP contribution is -2.09. The Kier molecular flexibility index (Phi) is 5.87. The predicted molar refractivity (Wildman–Crippen MR) is 140 cm³/mol. The van der Waals surface area contributed by atoms with E-state index in [0.717, 1.165) is 21.5 Å². The molecule has 0 aliphatic heterocycles. The SMILES string of the molecule is Brc1ccc(N(c2ccc(-c3ccccc3)cc2)c2cccc(-c3ccccc3)c2)cc1. The third-order valence-electron chi connectivity index (χ3n) is 5.53. The van der Waals surface area contributed by atoms with Gasteiger partial charge in [-0.05, 0) is 70.8 Å². The molecule has 2 heteroatoms. The van der Waals surface area contributed by atoms with Gasteiger partial charge in [0.15, 0.2) is 0 Å². The van der Waals surface area contributed by atoms with E-state index in [-0.39, 0.29) is 0 Å². The number of benzene rings is 5. The fourth-order valence-corrected chi connectivity index (χ4v) is 4.19. The number of nitrogens with zero attached hydrogens (tertiary/aromatic N) is 1. The third-order valence-corrected chi connectivity index (χ3v) is 6.06. The quantitative estimate of drug-likeness (QED) is 0.244. The van der Waals surface area contributed by atoms with Crippen molar-refractivity contribution in [3.05, 3.63) is 138 Å². The monoisotopic (exact) mass is 475 g/mol. The van der Waals surface area contributed by atoms with Crippen molar-refractivity contribution in [1.29, 1.82) is 0 Å². The second-order valence-electron chi connectivity index (χ2n) is 7.64. The molecule has 0 aromatic heterocycles. The van der Waals surface area contributed by atoms with Crippen LogP contribution in [-0.2, 0) is 0 Å². The zero-order chi connectivity index (χ0) is 21.8. The first-order chi connectivity index (χ1) is 15.8. The minimum atomic E-state index is 1.07. The molecule has 5 aromatic rings. The van der Waals surface area contributed by atoms with Crippen molar-refractivity contribution in [3.63, 3.8) is 0 Å². The molecule has 1 nitrogen and oxygen atoms in total. The van der Waals surface area contributed by atoms with Gasteiger partial charge in [0.25, 0.3) is 0 Å². The Morgan fingerprint density at radius 1 is 0.375 bits per heavy atom. The molecule has 0 atom stereocenters. The first kappa shape index (κ1) is 20.3. The van der Waals surface area contributed by atoms with E-state index >= 15 is 0 Å². The van der Waals surface area contributed by atoms with Crippen LogP contribution < -0.4 is 4.90 Å². The van der Waals surface area contributed by atoms with Gasteiger partial charge in [-0.1, -0.05) is 101 Å². The minimum absolute atomic E-state index is 1.07. The topological polar surface area (TPSA) is 3.24 Å². The van der Waals surface area contributed by atoms with Crippen LogP contribution in [0.25, 0.3) is 22.3 Å². The van der Waals surface area contributed by atoms with E-state index in [0.29, 0.717) is 0 Å². The van der Waals surface area contributed by atoms with Crippen molar-refractivity contribution in [2.75, 3.05) is 4.90 Å². The summed E-state index contributed by atoms with van der Waals surface area (Å²) in [5, 5.41) is 0. The molecule has 0 bridgehead atoms. The highest BCUT2D eigenvalue weighted by molar-refractivity contribution is 9.10. The van der Waals surface area contributed by atoms with Crippen LogP contribution in [0.3, 0.4) is 0 Å². The molecular weight excluding hydrogens is 454 g/mol. The van der Waals surface area contributed by atoms with Gasteiger partial charge >= 0.3 is 0 Å². The molecule has 5 aromatic carbocycles. The maximum Gasteiger partial charge on any atom is 0.0467 e. The van der Waals surface area contributed by atoms with Crippen molar-refractivity contribution in [2.45, 2.75) is 0 Å². The van der Waals surface area contributed by atoms with Crippen LogP contribution in [0.4, 0.5) is 17.1 Å². The molecule has 0 aliphatic carbocycles. The standard InChI is InChI=1S/C30H22BrN/c31-27-16-20-29(21-17-27)32(28-18-14-25(15-19-28)23-8-3-1-4-9-23)30-13-7-12-26(22-30)24-10-5-2-6-11-24/h1-22H. The maximum atomic E-state index is 3.57. The van der Waals surface area contributed by atoms with Crippen molar-refractivity contribution in [2.24, 2.45) is 0 Å². The molecule has 0 saturated carbocycles. The first-order valence-electron chi connectivity index (χ1n) is 10.6. The fraction of sp³-hybridized carbons (Fsp3) is 0. The Hall–Kier alpha value is -3.62. The van der Waals surface area contributed by atoms with Crippen LogP contribution in [0.15, 0.2) is 138 Å². The Balaban J connectivity index is 1.59. The van der Waals surface area contributed by atoms with Crippen LogP contribution in [0.5, 0.6) is 0 Å². The minimum Gasteiger partial charge on any atom is -0.310 e. The summed E-state index contributed by atoms with van der Waals surface area (Å²) in [4.78, 5) is 2.30. The second kappa shape index (κ2) is 9.25. The summed E-state index contributed by atoms with van der Waals surface area (Å²) in [6.45, 7) is 0. The zero-order valence-corrected chi connectivity index (χ0v) is 19.1. The lowest BCUT2D eigenvalue weighted by Gasteiger charge is -2.26. The molecule has 0 saturated heterocycles. The van der Waals surface area contributed by atoms with E-state index in [1.165, 1.54) is 22.3 Å². The molecule has 0 N–H and O–H groups in total. The van der Waals surface area contributed by atoms with E-state index < -0.39 is 0 Å². The molecule has 32 heavy (non-hydrogen) atoms. The van der Waals surface area contributed by atoms with Crippen molar-refractivity contribution >= 4 is 33.0 Å². The highest BCUT2D eigenvalue weighted by Crippen LogP contribution is 2.37. The predicted octanol–water partition coefficient (Wildman–Crippen LogP) is 9.25. The molecule has 0 amide bonds. The van der Waals surface area contributed by atoms with Gasteiger partial charge in [-0.3, -0.25) is 0 Å². The number of rotatable bonds is 5. The van der Waals surface area contributed by atoms with Crippen LogP contribution >= 0.6 is 15.9 Å². The van der Waals surface area contributed by atoms with Gasteiger partial charge < -0.3 is 4.90 Å². The Labute approximate surface area is 197 Å². The van der Waals surface area contributed by atoms with Gasteiger partial charge in [0.2, 0.25) is 0 Å². The van der Waals surface area contributed by atoms with E-state index in [4.69, 9.17) is 0 Å². The van der Waals surface area contributed by atoms with Crippen LogP contribution in [0.2, 0.25) is 0 Å². The van der Waals surface area contributed by atoms with Crippen molar-refractivity contribution in [3.8, 4) is 22.3 Å². The maximum absolute atomic E-state index is 3.57. The molecule has 154 valence electrons. The number of halogens is 1. The molecular formula is C30H22BrN. The second-order valence-corrected chi connectivity index (χ2v) is 8.56. The highest BCUT2D eigenvalue weighted by atomic mass is 79.9. The van der Waals surface area contributed by atoms with Gasteiger partial charge in [-0.2, -0.15) is 0 Å². The van der Waals surface area contributed by atoms with Gasteiger partial charge in [-0.25, -0.2) is 0 Å². The third kappa shape index (κ3) is 4.37. The summed E-state index contributed by atoms with van der Waals surface area (Å²) >= 11 is 3.57. The largest absolute Gasteiger partial charge is 0.310 e. The first-order valence-corrected chi connectivity index (χ1v) is 11.4. The summed E-state index contributed by atoms with van der Waals surface area (Å²) in [5.41, 5.74) is 8.21. The summed E-state index contributed by atoms with van der Waals surface area (Å²) < 4.78 is 1.07. The summed E-state index contributed by atoms with van der Waals surface area (Å²) in [6, 6.07) is 46.9. The number of hydrogen-bond acceptors (Lipinski definition) is 1. The van der Waals surface area contributed by atoms with Gasteiger partial charge in [0, 0.05) is 21.5 Å². The van der Waals surface area contributed by atoms with Crippen molar-refractivity contribution < 1.29 is 0 Å². The van der Waals surface area contributed by atoms with Crippen molar-refractivity contribution in [1.82, 2.24) is 0 Å². The van der Waals surface area contributed by atoms with E-state index in [2.05, 4.69) is 148 Å². The Morgan fingerprint density at radius 2 is 0.844 bits per heavy atom. The fourth-order valence-electron chi connectivity index (χ4n) is 3.93. The normalized spacial score (nSPS) is 10.7. The molecule has 0 spiro atoms. The van der Waals surface area contributed by atoms with Crippen LogP contribution in [0, 0.1) is 0 Å². The van der Waals surface area contributed by atoms with E-state index in [1.54, 1.807) is 0 Å². The number of anilines is 3. The molecule has 5 rings (SSSR count). The lowest BCUT2D eigenvalue weighted by atomic mass is 10.0. The van der Waals surface area contributed by atoms with E-state index in [9.17, 15) is 0 Å². The zero-order valence-electron chi connectivity index (χ0n) is 17.5. The molecule has 0 fully saturated rings.